The molecule has 0 atom stereocenters. The number of aliphatic carboxylic acids is 1. The van der Waals surface area contributed by atoms with Crippen LogP contribution in [0.25, 0.3) is 0 Å². The topological polar surface area (TPSA) is 37.3 Å². The van der Waals surface area contributed by atoms with Crippen LogP contribution in [0.2, 0.25) is 0 Å². The lowest BCUT2D eigenvalue weighted by Gasteiger charge is -1.90. The largest absolute Gasteiger partial charge is 0.481 e. The normalized spacial score (nSPS) is 13.4. The summed E-state index contributed by atoms with van der Waals surface area (Å²) in [5.41, 5.74) is 0. The van der Waals surface area contributed by atoms with Crippen LogP contribution in [-0.4, -0.2) is 11.1 Å². The molecule has 0 heterocycles. The van der Waals surface area contributed by atoms with Crippen LogP contribution in [0.15, 0.2) is 109 Å². The van der Waals surface area contributed by atoms with Crippen LogP contribution in [0.5, 0.6) is 0 Å². The van der Waals surface area contributed by atoms with Gasteiger partial charge in [-0.3, -0.25) is 4.79 Å². The quantitative estimate of drug-likeness (QED) is 0.114. The minimum atomic E-state index is -0.743. The van der Waals surface area contributed by atoms with Gasteiger partial charge in [0.1, 0.15) is 0 Å². The van der Waals surface area contributed by atoms with E-state index < -0.39 is 5.97 Å². The minimum absolute atomic E-state index is 0.206. The standard InChI is InChI=1S/C34H50O2/c1-2-3-4-5-6-7-8-9-10-11-12-13-14-15-16-17-18-19-20-21-22-23-24-25-26-27-28-29-30-31-32-33-34(35)36/h6-7,9-10,12-13,15-16,18-19,21-22,24-25,27-28,30-31H,2-5,8,11,14,17,20,23,26,29,32-33H2,1H3,(H,35,36). The van der Waals surface area contributed by atoms with E-state index in [2.05, 4.69) is 104 Å². The first-order valence-electron chi connectivity index (χ1n) is 13.8. The Hall–Kier alpha value is -2.87. The number of hydrogen-bond donors (Lipinski definition) is 1. The lowest BCUT2D eigenvalue weighted by atomic mass is 10.2. The minimum Gasteiger partial charge on any atom is -0.481 e. The molecular weight excluding hydrogens is 440 g/mol. The molecule has 2 nitrogen and oxygen atoms in total. The SMILES string of the molecule is CCCCCC=CCC=CCC=CCC=CCC=CCC=CCC=CCC=CCC=CCCC(=O)O. The highest BCUT2D eigenvalue weighted by Crippen LogP contribution is 2.01. The summed E-state index contributed by atoms with van der Waals surface area (Å²) < 4.78 is 0. The zero-order valence-electron chi connectivity index (χ0n) is 22.6. The third-order valence-corrected chi connectivity index (χ3v) is 5.18. The van der Waals surface area contributed by atoms with Crippen LogP contribution in [0.4, 0.5) is 0 Å². The van der Waals surface area contributed by atoms with Gasteiger partial charge in [-0.2, -0.15) is 0 Å². The molecule has 1 N–H and O–H groups in total. The maximum atomic E-state index is 10.4. The van der Waals surface area contributed by atoms with E-state index in [0.29, 0.717) is 6.42 Å². The smallest absolute Gasteiger partial charge is 0.303 e. The zero-order valence-corrected chi connectivity index (χ0v) is 22.6. The average Bonchev–Trinajstić information content (AvgIpc) is 2.87. The number of carboxylic acids is 1. The van der Waals surface area contributed by atoms with Crippen molar-refractivity contribution >= 4 is 5.97 Å². The molecule has 0 aromatic heterocycles. The fraction of sp³-hybridized carbons (Fsp3) is 0.441. The molecule has 198 valence electrons. The predicted octanol–water partition coefficient (Wildman–Crippen LogP) is 10.6. The summed E-state index contributed by atoms with van der Waals surface area (Å²) in [6.07, 6.45) is 53.2. The van der Waals surface area contributed by atoms with Crippen molar-refractivity contribution < 1.29 is 9.90 Å². The van der Waals surface area contributed by atoms with E-state index in [4.69, 9.17) is 5.11 Å². The van der Waals surface area contributed by atoms with Gasteiger partial charge in [-0.25, -0.2) is 0 Å². The van der Waals surface area contributed by atoms with E-state index >= 15 is 0 Å². The Morgan fingerprint density at radius 3 is 1.00 bits per heavy atom. The highest BCUT2D eigenvalue weighted by atomic mass is 16.4. The molecule has 0 aliphatic carbocycles. The second kappa shape index (κ2) is 30.2. The number of hydrogen-bond acceptors (Lipinski definition) is 1. The van der Waals surface area contributed by atoms with Crippen molar-refractivity contribution in [2.45, 2.75) is 96.8 Å². The number of carboxylic acid groups (broad SMARTS) is 1. The van der Waals surface area contributed by atoms with Gasteiger partial charge in [-0.05, 0) is 70.6 Å². The van der Waals surface area contributed by atoms with Gasteiger partial charge in [0, 0.05) is 6.42 Å². The predicted molar refractivity (Wildman–Crippen MR) is 160 cm³/mol. The number of carbonyl (C=O) groups is 1. The average molecular weight is 491 g/mol. The van der Waals surface area contributed by atoms with Crippen molar-refractivity contribution in [3.63, 3.8) is 0 Å². The first-order chi connectivity index (χ1) is 17.8. The lowest BCUT2D eigenvalue weighted by Crippen LogP contribution is -1.91. The fourth-order valence-electron chi connectivity index (χ4n) is 3.12. The summed E-state index contributed by atoms with van der Waals surface area (Å²) in [5.74, 6) is -0.743. The summed E-state index contributed by atoms with van der Waals surface area (Å²) in [5, 5.41) is 8.55. The summed E-state index contributed by atoms with van der Waals surface area (Å²) in [4.78, 5) is 10.4. The maximum Gasteiger partial charge on any atom is 0.303 e. The van der Waals surface area contributed by atoms with Crippen LogP contribution in [-0.2, 0) is 4.79 Å². The van der Waals surface area contributed by atoms with Crippen molar-refractivity contribution in [3.8, 4) is 0 Å². The van der Waals surface area contributed by atoms with Crippen molar-refractivity contribution in [1.82, 2.24) is 0 Å². The summed E-state index contributed by atoms with van der Waals surface area (Å²) in [7, 11) is 0. The van der Waals surface area contributed by atoms with E-state index in [-0.39, 0.29) is 6.42 Å². The van der Waals surface area contributed by atoms with E-state index in [1.807, 2.05) is 12.2 Å². The van der Waals surface area contributed by atoms with E-state index in [1.165, 1.54) is 25.7 Å². The summed E-state index contributed by atoms with van der Waals surface area (Å²) in [6.45, 7) is 2.25. The lowest BCUT2D eigenvalue weighted by molar-refractivity contribution is -0.136. The molecule has 0 rings (SSSR count). The van der Waals surface area contributed by atoms with Gasteiger partial charge in [0.2, 0.25) is 0 Å². The third-order valence-electron chi connectivity index (χ3n) is 5.18. The Morgan fingerprint density at radius 1 is 0.444 bits per heavy atom. The molecule has 0 spiro atoms. The van der Waals surface area contributed by atoms with Crippen LogP contribution in [0, 0.1) is 0 Å². The first-order valence-corrected chi connectivity index (χ1v) is 13.8. The van der Waals surface area contributed by atoms with E-state index in [9.17, 15) is 4.79 Å². The van der Waals surface area contributed by atoms with Gasteiger partial charge < -0.3 is 5.11 Å². The molecule has 0 aliphatic rings. The van der Waals surface area contributed by atoms with Crippen molar-refractivity contribution in [2.24, 2.45) is 0 Å². The zero-order chi connectivity index (χ0) is 26.2. The van der Waals surface area contributed by atoms with Gasteiger partial charge in [-0.15, -0.1) is 0 Å². The molecule has 0 aliphatic heterocycles. The summed E-state index contributed by atoms with van der Waals surface area (Å²) in [6, 6.07) is 0. The Bertz CT molecular complexity index is 754. The van der Waals surface area contributed by atoms with Crippen molar-refractivity contribution in [1.29, 1.82) is 0 Å². The molecule has 0 radical (unpaired) electrons. The fourth-order valence-corrected chi connectivity index (χ4v) is 3.12. The second-order valence-corrected chi connectivity index (χ2v) is 8.56. The monoisotopic (exact) mass is 490 g/mol. The second-order valence-electron chi connectivity index (χ2n) is 8.56. The molecule has 0 amide bonds. The van der Waals surface area contributed by atoms with Crippen LogP contribution in [0.3, 0.4) is 0 Å². The Morgan fingerprint density at radius 2 is 0.722 bits per heavy atom. The number of rotatable bonds is 23. The molecule has 0 aromatic rings. The molecule has 0 bridgehead atoms. The van der Waals surface area contributed by atoms with E-state index in [0.717, 1.165) is 51.4 Å². The molecule has 0 fully saturated rings. The molecule has 0 aromatic carbocycles. The summed E-state index contributed by atoms with van der Waals surface area (Å²) >= 11 is 0. The Kier molecular flexibility index (Phi) is 27.8. The van der Waals surface area contributed by atoms with E-state index in [1.54, 1.807) is 0 Å². The van der Waals surface area contributed by atoms with Crippen LogP contribution in [0.1, 0.15) is 96.8 Å². The van der Waals surface area contributed by atoms with Gasteiger partial charge >= 0.3 is 5.97 Å². The molecule has 2 heteroatoms. The van der Waals surface area contributed by atoms with Crippen LogP contribution < -0.4 is 0 Å². The highest BCUT2D eigenvalue weighted by Gasteiger charge is 1.90. The van der Waals surface area contributed by atoms with Crippen molar-refractivity contribution in [3.05, 3.63) is 109 Å². The number of allylic oxidation sites excluding steroid dienone is 18. The molecular formula is C34H50O2. The third kappa shape index (κ3) is 31.1. The number of unbranched alkanes of at least 4 members (excludes halogenated alkanes) is 3. The maximum absolute atomic E-state index is 10.4. The van der Waals surface area contributed by atoms with Gasteiger partial charge in [0.05, 0.1) is 0 Å². The molecule has 36 heavy (non-hydrogen) atoms. The van der Waals surface area contributed by atoms with Gasteiger partial charge in [-0.1, -0.05) is 129 Å². The first kappa shape index (κ1) is 33.1. The molecule has 0 saturated carbocycles. The molecule has 0 unspecified atom stereocenters. The van der Waals surface area contributed by atoms with Crippen LogP contribution >= 0.6 is 0 Å². The van der Waals surface area contributed by atoms with Crippen molar-refractivity contribution in [2.75, 3.05) is 0 Å². The van der Waals surface area contributed by atoms with Gasteiger partial charge in [0.25, 0.3) is 0 Å². The molecule has 0 saturated heterocycles. The Labute approximate surface area is 222 Å². The Balaban J connectivity index is 3.58. The van der Waals surface area contributed by atoms with Gasteiger partial charge in [0.15, 0.2) is 0 Å². The highest BCUT2D eigenvalue weighted by molar-refractivity contribution is 5.66.